The molecule has 2 unspecified atom stereocenters. The molecule has 0 aromatic heterocycles. The molecule has 3 nitrogen and oxygen atoms in total. The van der Waals surface area contributed by atoms with Crippen LogP contribution in [0.25, 0.3) is 0 Å². The Hall–Kier alpha value is -0.120. The Morgan fingerprint density at radius 2 is 2.38 bits per heavy atom. The molecule has 1 rings (SSSR count). The smallest absolute Gasteiger partial charge is 0.0565 e. The predicted octanol–water partition coefficient (Wildman–Crippen LogP) is 0.882. The van der Waals surface area contributed by atoms with Crippen LogP contribution in [0.4, 0.5) is 0 Å². The molecule has 0 amide bonds. The molecule has 0 bridgehead atoms. The van der Waals surface area contributed by atoms with Gasteiger partial charge in [-0.2, -0.15) is 0 Å². The molecular formula is C10H22N2O. The average molecular weight is 186 g/mol. The molecule has 1 fully saturated rings. The highest BCUT2D eigenvalue weighted by atomic mass is 16.5. The summed E-state index contributed by atoms with van der Waals surface area (Å²) < 4.78 is 5.52. The van der Waals surface area contributed by atoms with E-state index in [-0.39, 0.29) is 5.54 Å². The Morgan fingerprint density at radius 1 is 1.62 bits per heavy atom. The third-order valence-electron chi connectivity index (χ3n) is 2.80. The molecule has 78 valence electrons. The van der Waals surface area contributed by atoms with Gasteiger partial charge in [0.25, 0.3) is 0 Å². The van der Waals surface area contributed by atoms with Crippen LogP contribution in [0, 0.1) is 0 Å². The third-order valence-corrected chi connectivity index (χ3v) is 2.80. The van der Waals surface area contributed by atoms with Gasteiger partial charge in [0.1, 0.15) is 0 Å². The number of nitrogens with two attached hydrogens (primary N) is 1. The number of hydrogen-bond donors (Lipinski definition) is 2. The van der Waals surface area contributed by atoms with Crippen molar-refractivity contribution >= 4 is 0 Å². The molecule has 0 aromatic rings. The summed E-state index contributed by atoms with van der Waals surface area (Å²) in [6.07, 6.45) is 3.61. The van der Waals surface area contributed by atoms with E-state index in [2.05, 4.69) is 19.2 Å². The van der Waals surface area contributed by atoms with E-state index in [9.17, 15) is 0 Å². The van der Waals surface area contributed by atoms with Gasteiger partial charge in [0.05, 0.1) is 6.10 Å². The zero-order valence-electron chi connectivity index (χ0n) is 8.81. The first-order valence-electron chi connectivity index (χ1n) is 5.29. The first-order valence-corrected chi connectivity index (χ1v) is 5.29. The lowest BCUT2D eigenvalue weighted by molar-refractivity contribution is -0.0160. The maximum atomic E-state index is 5.82. The minimum atomic E-state index is 0.147. The molecule has 1 aliphatic rings. The molecule has 3 N–H and O–H groups in total. The predicted molar refractivity (Wildman–Crippen MR) is 54.7 cm³/mol. The van der Waals surface area contributed by atoms with E-state index < -0.39 is 0 Å². The fraction of sp³-hybridized carbons (Fsp3) is 1.00. The Balaban J connectivity index is 2.46. The molecule has 1 heterocycles. The molecule has 1 saturated heterocycles. The number of hydrogen-bond acceptors (Lipinski definition) is 3. The zero-order chi connectivity index (χ0) is 9.73. The monoisotopic (exact) mass is 186 g/mol. The Bertz CT molecular complexity index is 152. The van der Waals surface area contributed by atoms with E-state index in [1.54, 1.807) is 0 Å². The summed E-state index contributed by atoms with van der Waals surface area (Å²) >= 11 is 0. The van der Waals surface area contributed by atoms with Crippen LogP contribution >= 0.6 is 0 Å². The molecule has 0 aliphatic carbocycles. The second kappa shape index (κ2) is 4.94. The Kier molecular flexibility index (Phi) is 4.16. The van der Waals surface area contributed by atoms with Crippen molar-refractivity contribution in [2.24, 2.45) is 5.73 Å². The van der Waals surface area contributed by atoms with Crippen LogP contribution in [-0.2, 0) is 4.74 Å². The molecule has 0 radical (unpaired) electrons. The molecule has 2 atom stereocenters. The summed E-state index contributed by atoms with van der Waals surface area (Å²) in [5.41, 5.74) is 5.97. The van der Waals surface area contributed by atoms with E-state index in [0.717, 1.165) is 39.0 Å². The van der Waals surface area contributed by atoms with Gasteiger partial charge in [-0.1, -0.05) is 6.92 Å². The normalized spacial score (nSPS) is 34.8. The summed E-state index contributed by atoms with van der Waals surface area (Å²) in [5.74, 6) is 0. The minimum absolute atomic E-state index is 0.147. The van der Waals surface area contributed by atoms with Crippen molar-refractivity contribution in [1.82, 2.24) is 5.32 Å². The SMILES string of the molecule is CCCNC1(CN)CCOC(C)C1. The maximum absolute atomic E-state index is 5.82. The van der Waals surface area contributed by atoms with Crippen LogP contribution in [-0.4, -0.2) is 31.3 Å². The van der Waals surface area contributed by atoms with E-state index in [4.69, 9.17) is 10.5 Å². The second-order valence-electron chi connectivity index (χ2n) is 4.05. The van der Waals surface area contributed by atoms with E-state index in [1.807, 2.05) is 0 Å². The van der Waals surface area contributed by atoms with Gasteiger partial charge in [-0.05, 0) is 32.7 Å². The largest absolute Gasteiger partial charge is 0.378 e. The lowest BCUT2D eigenvalue weighted by atomic mass is 9.87. The maximum Gasteiger partial charge on any atom is 0.0565 e. The molecule has 3 heteroatoms. The van der Waals surface area contributed by atoms with Crippen LogP contribution in [0.1, 0.15) is 33.1 Å². The zero-order valence-corrected chi connectivity index (χ0v) is 8.81. The van der Waals surface area contributed by atoms with E-state index >= 15 is 0 Å². The summed E-state index contributed by atoms with van der Waals surface area (Å²) in [7, 11) is 0. The number of nitrogens with one attached hydrogen (secondary N) is 1. The fourth-order valence-electron chi connectivity index (χ4n) is 1.98. The quantitative estimate of drug-likeness (QED) is 0.685. The van der Waals surface area contributed by atoms with Gasteiger partial charge in [-0.3, -0.25) is 0 Å². The minimum Gasteiger partial charge on any atom is -0.378 e. The van der Waals surface area contributed by atoms with Crippen molar-refractivity contribution in [2.45, 2.75) is 44.8 Å². The van der Waals surface area contributed by atoms with Gasteiger partial charge >= 0.3 is 0 Å². The van der Waals surface area contributed by atoms with Crippen molar-refractivity contribution in [2.75, 3.05) is 19.7 Å². The van der Waals surface area contributed by atoms with Crippen molar-refractivity contribution in [3.05, 3.63) is 0 Å². The highest BCUT2D eigenvalue weighted by molar-refractivity contribution is 4.93. The summed E-state index contributed by atoms with van der Waals surface area (Å²) in [4.78, 5) is 0. The van der Waals surface area contributed by atoms with Gasteiger partial charge < -0.3 is 15.8 Å². The van der Waals surface area contributed by atoms with Gasteiger partial charge in [0.2, 0.25) is 0 Å². The molecule has 0 spiro atoms. The average Bonchev–Trinajstić information content (AvgIpc) is 2.15. The standard InChI is InChI=1S/C10H22N2O/c1-3-5-12-10(8-11)4-6-13-9(2)7-10/h9,12H,3-8,11H2,1-2H3. The molecule has 1 aliphatic heterocycles. The second-order valence-corrected chi connectivity index (χ2v) is 4.05. The third kappa shape index (κ3) is 2.93. The molecule has 13 heavy (non-hydrogen) atoms. The molecule has 0 saturated carbocycles. The van der Waals surface area contributed by atoms with Crippen LogP contribution in [0.3, 0.4) is 0 Å². The van der Waals surface area contributed by atoms with E-state index in [0.29, 0.717) is 6.10 Å². The highest BCUT2D eigenvalue weighted by Crippen LogP contribution is 2.23. The van der Waals surface area contributed by atoms with Crippen LogP contribution in [0.2, 0.25) is 0 Å². The van der Waals surface area contributed by atoms with Crippen LogP contribution in [0.15, 0.2) is 0 Å². The van der Waals surface area contributed by atoms with Gasteiger partial charge in [0, 0.05) is 18.7 Å². The highest BCUT2D eigenvalue weighted by Gasteiger charge is 2.33. The number of rotatable bonds is 4. The molecular weight excluding hydrogens is 164 g/mol. The van der Waals surface area contributed by atoms with E-state index in [1.165, 1.54) is 0 Å². The Labute approximate surface area is 81.0 Å². The van der Waals surface area contributed by atoms with Gasteiger partial charge in [-0.25, -0.2) is 0 Å². The Morgan fingerprint density at radius 3 is 2.92 bits per heavy atom. The number of ether oxygens (including phenoxy) is 1. The van der Waals surface area contributed by atoms with Crippen molar-refractivity contribution < 1.29 is 4.74 Å². The summed E-state index contributed by atoms with van der Waals surface area (Å²) in [6, 6.07) is 0. The molecule has 0 aromatic carbocycles. The van der Waals surface area contributed by atoms with Gasteiger partial charge in [0.15, 0.2) is 0 Å². The summed E-state index contributed by atoms with van der Waals surface area (Å²) in [6.45, 7) is 6.93. The fourth-order valence-corrected chi connectivity index (χ4v) is 1.98. The topological polar surface area (TPSA) is 47.3 Å². The van der Waals surface area contributed by atoms with Crippen LogP contribution in [0.5, 0.6) is 0 Å². The van der Waals surface area contributed by atoms with Crippen molar-refractivity contribution in [1.29, 1.82) is 0 Å². The first kappa shape index (κ1) is 11.0. The van der Waals surface area contributed by atoms with Crippen molar-refractivity contribution in [3.8, 4) is 0 Å². The van der Waals surface area contributed by atoms with Crippen LogP contribution < -0.4 is 11.1 Å². The lowest BCUT2D eigenvalue weighted by Gasteiger charge is -2.40. The summed E-state index contributed by atoms with van der Waals surface area (Å²) in [5, 5.41) is 3.56. The van der Waals surface area contributed by atoms with Crippen molar-refractivity contribution in [3.63, 3.8) is 0 Å². The van der Waals surface area contributed by atoms with Gasteiger partial charge in [-0.15, -0.1) is 0 Å². The lowest BCUT2D eigenvalue weighted by Crippen LogP contribution is -2.56. The first-order chi connectivity index (χ1) is 6.22.